The Morgan fingerprint density at radius 1 is 0.833 bits per heavy atom. The number of benzene rings is 3. The molecule has 0 bridgehead atoms. The molecule has 2 aliphatic carbocycles. The average molecular weight is 491 g/mol. The molecular weight excluding hydrogens is 471 g/mol. The van der Waals surface area contributed by atoms with E-state index < -0.39 is 11.7 Å². The van der Waals surface area contributed by atoms with Gasteiger partial charge in [-0.05, 0) is 35.4 Å². The Bertz CT molecular complexity index is 1390. The fourth-order valence-corrected chi connectivity index (χ4v) is 3.39. The van der Waals surface area contributed by atoms with Crippen LogP contribution in [-0.4, -0.2) is 36.0 Å². The van der Waals surface area contributed by atoms with Crippen LogP contribution in [0.15, 0.2) is 66.7 Å². The van der Waals surface area contributed by atoms with E-state index in [-0.39, 0.29) is 35.8 Å². The van der Waals surface area contributed by atoms with E-state index in [1.54, 1.807) is 24.3 Å². The molecule has 36 heavy (non-hydrogen) atoms. The first-order valence-corrected chi connectivity index (χ1v) is 10.6. The van der Waals surface area contributed by atoms with Gasteiger partial charge in [-0.25, -0.2) is 4.98 Å². The van der Waals surface area contributed by atoms with Crippen molar-refractivity contribution in [3.63, 3.8) is 0 Å². The zero-order valence-electron chi connectivity index (χ0n) is 19.3. The van der Waals surface area contributed by atoms with E-state index in [0.29, 0.717) is 11.1 Å². The number of hydrogen-bond acceptors (Lipinski definition) is 6. The third-order valence-electron chi connectivity index (χ3n) is 5.23. The molecule has 182 valence electrons. The molecule has 0 aliphatic heterocycles. The van der Waals surface area contributed by atoms with Crippen molar-refractivity contribution in [1.29, 1.82) is 0 Å². The van der Waals surface area contributed by atoms with Crippen molar-refractivity contribution in [2.24, 2.45) is 0 Å². The smallest absolute Gasteiger partial charge is 0.417 e. The second-order valence-electron chi connectivity index (χ2n) is 7.46. The first-order chi connectivity index (χ1) is 17.4. The molecule has 0 spiro atoms. The molecule has 5 rings (SSSR count). The van der Waals surface area contributed by atoms with Gasteiger partial charge in [-0.15, -0.1) is 6.42 Å². The van der Waals surface area contributed by atoms with E-state index >= 15 is 0 Å². The van der Waals surface area contributed by atoms with Crippen LogP contribution in [0.3, 0.4) is 0 Å². The van der Waals surface area contributed by atoms with Crippen LogP contribution in [0.4, 0.5) is 13.2 Å². The largest absolute Gasteiger partial charge is 0.467 e. The lowest BCUT2D eigenvalue weighted by atomic mass is 9.95. The zero-order chi connectivity index (χ0) is 25.7. The highest BCUT2D eigenvalue weighted by Crippen LogP contribution is 2.41. The Labute approximate surface area is 205 Å². The quantitative estimate of drug-likeness (QED) is 0.219. The maximum Gasteiger partial charge on any atom is 0.417 e. The van der Waals surface area contributed by atoms with Gasteiger partial charge >= 0.3 is 12.2 Å². The SMILES string of the molecule is C#Cc1ccccc1-c1nc(OC)nc(-c2c(OCOC)cccc2C(F)(F)F)n1.c1cc2ccc1-2. The molecule has 1 aromatic heterocycles. The molecule has 1 heterocycles. The summed E-state index contributed by atoms with van der Waals surface area (Å²) in [5.41, 5.74) is 2.44. The molecule has 0 fully saturated rings. The molecule has 9 heteroatoms. The molecule has 0 amide bonds. The van der Waals surface area contributed by atoms with Crippen LogP contribution < -0.4 is 9.47 Å². The van der Waals surface area contributed by atoms with Crippen molar-refractivity contribution in [3.8, 4) is 58.0 Å². The summed E-state index contributed by atoms with van der Waals surface area (Å²) in [5, 5.41) is 0. The van der Waals surface area contributed by atoms with E-state index in [0.717, 1.165) is 6.07 Å². The number of halogens is 3. The number of methoxy groups -OCH3 is 2. The topological polar surface area (TPSA) is 66.4 Å². The standard InChI is InChI=1S/C21H16F3N3O3.C6H4/c1-4-13-8-5-6-9-14(13)18-25-19(27-20(26-18)29-3)17-15(21(22,23)24)10-7-11-16(17)30-12-28-2;1-2-6-4-3-5(1)6/h1,5-11H,12H2,2-3H3;1-4H. The number of terminal acetylenes is 1. The number of nitrogens with zero attached hydrogens (tertiary/aromatic N) is 3. The molecule has 0 saturated heterocycles. The van der Waals surface area contributed by atoms with Crippen LogP contribution in [0.5, 0.6) is 11.8 Å². The van der Waals surface area contributed by atoms with Crippen molar-refractivity contribution < 1.29 is 27.4 Å². The number of aromatic nitrogens is 3. The summed E-state index contributed by atoms with van der Waals surface area (Å²) in [7, 11) is 2.65. The van der Waals surface area contributed by atoms with Crippen LogP contribution in [0.1, 0.15) is 11.1 Å². The van der Waals surface area contributed by atoms with Crippen molar-refractivity contribution >= 4 is 0 Å². The summed E-state index contributed by atoms with van der Waals surface area (Å²) in [6, 6.07) is 18.6. The summed E-state index contributed by atoms with van der Waals surface area (Å²) in [4.78, 5) is 12.4. The third-order valence-corrected chi connectivity index (χ3v) is 5.23. The van der Waals surface area contributed by atoms with Gasteiger partial charge < -0.3 is 14.2 Å². The highest BCUT2D eigenvalue weighted by molar-refractivity contribution is 5.75. The zero-order valence-corrected chi connectivity index (χ0v) is 19.3. The minimum Gasteiger partial charge on any atom is -0.467 e. The summed E-state index contributed by atoms with van der Waals surface area (Å²) in [5.74, 6) is 2.20. The Morgan fingerprint density at radius 3 is 2.06 bits per heavy atom. The Morgan fingerprint density at radius 2 is 1.50 bits per heavy atom. The molecule has 2 aliphatic rings. The maximum atomic E-state index is 13.7. The number of alkyl halides is 3. The van der Waals surface area contributed by atoms with Gasteiger partial charge in [-0.1, -0.05) is 48.4 Å². The molecule has 0 N–H and O–H groups in total. The van der Waals surface area contributed by atoms with E-state index in [1.807, 2.05) is 0 Å². The van der Waals surface area contributed by atoms with Crippen LogP contribution in [0.25, 0.3) is 33.9 Å². The lowest BCUT2D eigenvalue weighted by Crippen LogP contribution is -2.12. The molecular formula is C27H20F3N3O3. The Kier molecular flexibility index (Phi) is 7.17. The Hall–Kier alpha value is -4.42. The van der Waals surface area contributed by atoms with Crippen molar-refractivity contribution in [1.82, 2.24) is 15.0 Å². The van der Waals surface area contributed by atoms with Crippen LogP contribution in [-0.2, 0) is 10.9 Å². The van der Waals surface area contributed by atoms with Crippen LogP contribution in [0, 0.1) is 12.3 Å². The lowest BCUT2D eigenvalue weighted by molar-refractivity contribution is -0.137. The van der Waals surface area contributed by atoms with Gasteiger partial charge in [0, 0.05) is 18.2 Å². The lowest BCUT2D eigenvalue weighted by Gasteiger charge is -2.17. The van der Waals surface area contributed by atoms with Crippen molar-refractivity contribution in [3.05, 3.63) is 77.9 Å². The van der Waals surface area contributed by atoms with Crippen LogP contribution in [0.2, 0.25) is 0 Å². The molecule has 2 aromatic carbocycles. The summed E-state index contributed by atoms with van der Waals surface area (Å²) in [6.07, 6.45) is 0.851. The maximum absolute atomic E-state index is 13.7. The molecule has 0 radical (unpaired) electrons. The first kappa shape index (κ1) is 24.7. The molecule has 0 atom stereocenters. The van der Waals surface area contributed by atoms with Gasteiger partial charge in [-0.2, -0.15) is 23.1 Å². The summed E-state index contributed by atoms with van der Waals surface area (Å²) >= 11 is 0. The number of ether oxygens (including phenoxy) is 3. The Balaban J connectivity index is 0.000000434. The van der Waals surface area contributed by atoms with E-state index in [2.05, 4.69) is 45.1 Å². The highest BCUT2D eigenvalue weighted by Gasteiger charge is 2.36. The van der Waals surface area contributed by atoms with E-state index in [1.165, 1.54) is 37.5 Å². The molecule has 0 unspecified atom stereocenters. The predicted octanol–water partition coefficient (Wildman–Crippen LogP) is 5.86. The van der Waals surface area contributed by atoms with E-state index in [4.69, 9.17) is 20.6 Å². The van der Waals surface area contributed by atoms with Gasteiger partial charge in [-0.3, -0.25) is 0 Å². The monoisotopic (exact) mass is 491 g/mol. The van der Waals surface area contributed by atoms with Gasteiger partial charge in [0.2, 0.25) is 0 Å². The van der Waals surface area contributed by atoms with Crippen molar-refractivity contribution in [2.45, 2.75) is 6.18 Å². The number of hydrogen-bond donors (Lipinski definition) is 0. The third kappa shape index (κ3) is 5.14. The van der Waals surface area contributed by atoms with Gasteiger partial charge in [0.05, 0.1) is 18.2 Å². The normalized spacial score (nSPS) is 11.1. The summed E-state index contributed by atoms with van der Waals surface area (Å²) < 4.78 is 56.5. The fraction of sp³-hybridized carbons (Fsp3) is 0.148. The average Bonchev–Trinajstić information content (AvgIpc) is 2.88. The minimum atomic E-state index is -4.68. The molecule has 0 saturated carbocycles. The van der Waals surface area contributed by atoms with Crippen LogP contribution >= 0.6 is 0 Å². The first-order valence-electron chi connectivity index (χ1n) is 10.6. The second kappa shape index (κ2) is 10.5. The predicted molar refractivity (Wildman–Crippen MR) is 128 cm³/mol. The van der Waals surface area contributed by atoms with Gasteiger partial charge in [0.25, 0.3) is 0 Å². The second-order valence-corrected chi connectivity index (χ2v) is 7.46. The number of fused-ring (bicyclic) bond motifs is 1. The molecule has 3 aromatic rings. The van der Waals surface area contributed by atoms with Gasteiger partial charge in [0.15, 0.2) is 18.4 Å². The van der Waals surface area contributed by atoms with E-state index in [9.17, 15) is 13.2 Å². The molecule has 6 nitrogen and oxygen atoms in total. The van der Waals surface area contributed by atoms with Gasteiger partial charge in [0.1, 0.15) is 5.75 Å². The highest BCUT2D eigenvalue weighted by atomic mass is 19.4. The van der Waals surface area contributed by atoms with Crippen molar-refractivity contribution in [2.75, 3.05) is 21.0 Å². The minimum absolute atomic E-state index is 0.0695. The fourth-order valence-electron chi connectivity index (χ4n) is 3.39. The number of rotatable bonds is 6. The summed E-state index contributed by atoms with van der Waals surface area (Å²) in [6.45, 7) is -0.261.